The van der Waals surface area contributed by atoms with Gasteiger partial charge in [-0.05, 0) is 55.0 Å². The number of nitrogens with zero attached hydrogens (tertiary/aromatic N) is 1. The highest BCUT2D eigenvalue weighted by Gasteiger charge is 2.10. The third kappa shape index (κ3) is 5.82. The van der Waals surface area contributed by atoms with Crippen LogP contribution in [0.25, 0.3) is 10.2 Å². The molecule has 32 heavy (non-hydrogen) atoms. The van der Waals surface area contributed by atoms with Crippen LogP contribution < -0.4 is 16.0 Å². The van der Waals surface area contributed by atoms with E-state index in [0.29, 0.717) is 28.7 Å². The van der Waals surface area contributed by atoms with Gasteiger partial charge in [0.05, 0.1) is 28.8 Å². The zero-order valence-electron chi connectivity index (χ0n) is 17.0. The molecule has 0 aliphatic heterocycles. The van der Waals surface area contributed by atoms with Crippen molar-refractivity contribution in [1.82, 2.24) is 10.3 Å². The standard InChI is InChI=1S/C22H19ClN4O3S2/c1-13-4-5-14(9-17(13)23)25-21(29)26-15-6-7-18-19(10-15)32-22(27-18)31-12-20(28)24-11-16-3-2-8-30-16/h2-10H,11-12H2,1H3,(H,24,28)(H2,25,26,29). The largest absolute Gasteiger partial charge is 0.467 e. The monoisotopic (exact) mass is 486 g/mol. The summed E-state index contributed by atoms with van der Waals surface area (Å²) in [4.78, 5) is 28.9. The molecule has 3 N–H and O–H groups in total. The molecule has 0 saturated heterocycles. The summed E-state index contributed by atoms with van der Waals surface area (Å²) >= 11 is 8.94. The lowest BCUT2D eigenvalue weighted by Crippen LogP contribution is -2.24. The highest BCUT2D eigenvalue weighted by Crippen LogP contribution is 2.31. The van der Waals surface area contributed by atoms with Crippen molar-refractivity contribution in [1.29, 1.82) is 0 Å². The fraction of sp³-hybridized carbons (Fsp3) is 0.136. The first-order chi connectivity index (χ1) is 15.5. The second-order valence-electron chi connectivity index (χ2n) is 6.85. The molecular formula is C22H19ClN4O3S2. The molecule has 10 heteroatoms. The van der Waals surface area contributed by atoms with E-state index < -0.39 is 0 Å². The first-order valence-corrected chi connectivity index (χ1v) is 11.8. The van der Waals surface area contributed by atoms with Gasteiger partial charge in [-0.3, -0.25) is 4.79 Å². The average molecular weight is 487 g/mol. The smallest absolute Gasteiger partial charge is 0.323 e. The van der Waals surface area contributed by atoms with Crippen LogP contribution in [0.5, 0.6) is 0 Å². The van der Waals surface area contributed by atoms with Crippen molar-refractivity contribution >= 4 is 68.2 Å². The highest BCUT2D eigenvalue weighted by molar-refractivity contribution is 8.01. The van der Waals surface area contributed by atoms with Gasteiger partial charge in [0.25, 0.3) is 0 Å². The van der Waals surface area contributed by atoms with Gasteiger partial charge in [0.2, 0.25) is 5.91 Å². The van der Waals surface area contributed by atoms with E-state index in [1.54, 1.807) is 30.5 Å². The van der Waals surface area contributed by atoms with E-state index in [1.165, 1.54) is 23.1 Å². The number of nitrogens with one attached hydrogen (secondary N) is 3. The van der Waals surface area contributed by atoms with Crippen LogP contribution in [0, 0.1) is 6.92 Å². The molecule has 0 aliphatic carbocycles. The number of aryl methyl sites for hydroxylation is 1. The Morgan fingerprint density at radius 3 is 2.66 bits per heavy atom. The second kappa shape index (κ2) is 10.1. The maximum Gasteiger partial charge on any atom is 0.323 e. The molecule has 2 aromatic heterocycles. The second-order valence-corrected chi connectivity index (χ2v) is 9.51. The maximum atomic E-state index is 12.3. The van der Waals surface area contributed by atoms with Gasteiger partial charge in [-0.25, -0.2) is 9.78 Å². The molecular weight excluding hydrogens is 468 g/mol. The molecule has 4 aromatic rings. The number of rotatable bonds is 7. The van der Waals surface area contributed by atoms with Gasteiger partial charge in [0.15, 0.2) is 4.34 Å². The Morgan fingerprint density at radius 1 is 1.12 bits per heavy atom. The highest BCUT2D eigenvalue weighted by atomic mass is 35.5. The molecule has 0 spiro atoms. The van der Waals surface area contributed by atoms with Crippen molar-refractivity contribution in [2.24, 2.45) is 0 Å². The summed E-state index contributed by atoms with van der Waals surface area (Å²) in [6, 6.07) is 14.0. The van der Waals surface area contributed by atoms with Crippen LogP contribution in [0.2, 0.25) is 5.02 Å². The van der Waals surface area contributed by atoms with Crippen molar-refractivity contribution < 1.29 is 14.0 Å². The van der Waals surface area contributed by atoms with Gasteiger partial charge in [-0.15, -0.1) is 11.3 Å². The molecule has 0 bridgehead atoms. The maximum absolute atomic E-state index is 12.3. The van der Waals surface area contributed by atoms with E-state index in [0.717, 1.165) is 20.1 Å². The predicted molar refractivity (Wildman–Crippen MR) is 130 cm³/mol. The predicted octanol–water partition coefficient (Wildman–Crippen LogP) is 5.90. The molecule has 2 aromatic carbocycles. The van der Waals surface area contributed by atoms with E-state index >= 15 is 0 Å². The molecule has 0 radical (unpaired) electrons. The lowest BCUT2D eigenvalue weighted by Gasteiger charge is -2.08. The number of anilines is 2. The zero-order valence-corrected chi connectivity index (χ0v) is 19.4. The first kappa shape index (κ1) is 22.2. The summed E-state index contributed by atoms with van der Waals surface area (Å²) in [6.07, 6.45) is 1.57. The van der Waals surface area contributed by atoms with Crippen LogP contribution in [0.3, 0.4) is 0 Å². The summed E-state index contributed by atoms with van der Waals surface area (Å²) in [5.41, 5.74) is 3.01. The minimum atomic E-state index is -0.364. The summed E-state index contributed by atoms with van der Waals surface area (Å²) in [5.74, 6) is 0.867. The summed E-state index contributed by atoms with van der Waals surface area (Å²) in [6.45, 7) is 2.26. The van der Waals surface area contributed by atoms with E-state index in [1.807, 2.05) is 31.2 Å². The number of thioether (sulfide) groups is 1. The van der Waals surface area contributed by atoms with Crippen molar-refractivity contribution in [2.75, 3.05) is 16.4 Å². The Kier molecular flexibility index (Phi) is 6.99. The van der Waals surface area contributed by atoms with Gasteiger partial charge in [0, 0.05) is 16.4 Å². The number of urea groups is 1. The number of carbonyl (C=O) groups excluding carboxylic acids is 2. The first-order valence-electron chi connectivity index (χ1n) is 9.63. The van der Waals surface area contributed by atoms with Gasteiger partial charge in [-0.1, -0.05) is 29.4 Å². The lowest BCUT2D eigenvalue weighted by atomic mass is 10.2. The fourth-order valence-electron chi connectivity index (χ4n) is 2.78. The van der Waals surface area contributed by atoms with Gasteiger partial charge in [0.1, 0.15) is 5.76 Å². The van der Waals surface area contributed by atoms with Gasteiger partial charge < -0.3 is 20.4 Å². The molecule has 0 atom stereocenters. The number of hydrogen-bond donors (Lipinski definition) is 3. The van der Waals surface area contributed by atoms with Crippen LogP contribution in [-0.2, 0) is 11.3 Å². The summed E-state index contributed by atoms with van der Waals surface area (Å²) < 4.78 is 6.89. The van der Waals surface area contributed by atoms with Crippen LogP contribution >= 0.6 is 34.7 Å². The van der Waals surface area contributed by atoms with Crippen molar-refractivity contribution in [2.45, 2.75) is 17.8 Å². The quantitative estimate of drug-likeness (QED) is 0.282. The zero-order chi connectivity index (χ0) is 22.5. The summed E-state index contributed by atoms with van der Waals surface area (Å²) in [5, 5.41) is 8.97. The number of carbonyl (C=O) groups is 2. The number of halogens is 1. The Morgan fingerprint density at radius 2 is 1.91 bits per heavy atom. The van der Waals surface area contributed by atoms with Crippen LogP contribution in [0.15, 0.2) is 63.6 Å². The van der Waals surface area contributed by atoms with Crippen molar-refractivity contribution in [3.8, 4) is 0 Å². The third-order valence-corrected chi connectivity index (χ3v) is 6.99. The minimum absolute atomic E-state index is 0.0964. The molecule has 4 rings (SSSR count). The third-order valence-electron chi connectivity index (χ3n) is 4.42. The average Bonchev–Trinajstić information content (AvgIpc) is 3.42. The molecule has 0 fully saturated rings. The Labute approximate surface area is 197 Å². The number of benzene rings is 2. The van der Waals surface area contributed by atoms with Crippen LogP contribution in [0.1, 0.15) is 11.3 Å². The fourth-order valence-corrected chi connectivity index (χ4v) is 4.90. The number of amides is 3. The van der Waals surface area contributed by atoms with Crippen molar-refractivity contribution in [3.05, 3.63) is 71.1 Å². The molecule has 164 valence electrons. The van der Waals surface area contributed by atoms with E-state index in [-0.39, 0.29) is 17.7 Å². The molecule has 0 saturated carbocycles. The van der Waals surface area contributed by atoms with E-state index in [2.05, 4.69) is 20.9 Å². The SMILES string of the molecule is Cc1ccc(NC(=O)Nc2ccc3nc(SCC(=O)NCc4ccco4)sc3c2)cc1Cl. The number of thiazole rings is 1. The topological polar surface area (TPSA) is 96.3 Å². The van der Waals surface area contributed by atoms with E-state index in [9.17, 15) is 9.59 Å². The molecule has 0 unspecified atom stereocenters. The number of furan rings is 1. The molecule has 7 nitrogen and oxygen atoms in total. The Balaban J connectivity index is 1.32. The minimum Gasteiger partial charge on any atom is -0.467 e. The molecule has 3 amide bonds. The van der Waals surface area contributed by atoms with Crippen LogP contribution in [-0.4, -0.2) is 22.7 Å². The van der Waals surface area contributed by atoms with E-state index in [4.69, 9.17) is 16.0 Å². The molecule has 2 heterocycles. The number of fused-ring (bicyclic) bond motifs is 1. The summed E-state index contributed by atoms with van der Waals surface area (Å²) in [7, 11) is 0. The van der Waals surface area contributed by atoms with Crippen LogP contribution in [0.4, 0.5) is 16.2 Å². The molecule has 0 aliphatic rings. The number of hydrogen-bond acceptors (Lipinski definition) is 6. The normalized spacial score (nSPS) is 10.8. The Hall–Kier alpha value is -3.01. The Bertz CT molecular complexity index is 1260. The van der Waals surface area contributed by atoms with Gasteiger partial charge >= 0.3 is 6.03 Å². The lowest BCUT2D eigenvalue weighted by molar-refractivity contribution is -0.118. The van der Waals surface area contributed by atoms with Crippen molar-refractivity contribution in [3.63, 3.8) is 0 Å². The van der Waals surface area contributed by atoms with Gasteiger partial charge in [-0.2, -0.15) is 0 Å². The number of aromatic nitrogens is 1.